The summed E-state index contributed by atoms with van der Waals surface area (Å²) in [6.07, 6.45) is 1.55. The Morgan fingerprint density at radius 3 is 2.36 bits per heavy atom. The summed E-state index contributed by atoms with van der Waals surface area (Å²) < 4.78 is 10.8. The van der Waals surface area contributed by atoms with Crippen molar-refractivity contribution in [1.29, 1.82) is 0 Å². The standard InChI is InChI=1S/C11H25NO2/c1-6-7-12-10(3)11(4)14-9(2)8-13-5/h9-12H,6-8H2,1-5H3. The maximum atomic E-state index is 5.76. The fourth-order valence-electron chi connectivity index (χ4n) is 1.30. The molecule has 86 valence electrons. The van der Waals surface area contributed by atoms with Crippen LogP contribution in [0.4, 0.5) is 0 Å². The number of ether oxygens (including phenoxy) is 2. The van der Waals surface area contributed by atoms with E-state index in [-0.39, 0.29) is 12.2 Å². The normalized spacial score (nSPS) is 17.8. The predicted molar refractivity (Wildman–Crippen MR) is 59.6 cm³/mol. The van der Waals surface area contributed by atoms with Crippen molar-refractivity contribution in [3.8, 4) is 0 Å². The van der Waals surface area contributed by atoms with Crippen LogP contribution in [0.2, 0.25) is 0 Å². The Bertz CT molecular complexity index is 130. The summed E-state index contributed by atoms with van der Waals surface area (Å²) in [4.78, 5) is 0. The zero-order chi connectivity index (χ0) is 11.0. The Morgan fingerprint density at radius 2 is 1.86 bits per heavy atom. The topological polar surface area (TPSA) is 30.5 Å². The summed E-state index contributed by atoms with van der Waals surface area (Å²) in [5.41, 5.74) is 0. The smallest absolute Gasteiger partial charge is 0.0784 e. The minimum absolute atomic E-state index is 0.167. The first-order valence-electron chi connectivity index (χ1n) is 5.49. The Morgan fingerprint density at radius 1 is 1.21 bits per heavy atom. The third-order valence-electron chi connectivity index (χ3n) is 2.27. The van der Waals surface area contributed by atoms with E-state index in [1.54, 1.807) is 7.11 Å². The molecule has 0 aliphatic heterocycles. The van der Waals surface area contributed by atoms with E-state index in [9.17, 15) is 0 Å². The maximum Gasteiger partial charge on any atom is 0.0784 e. The highest BCUT2D eigenvalue weighted by molar-refractivity contribution is 4.69. The zero-order valence-electron chi connectivity index (χ0n) is 10.2. The van der Waals surface area contributed by atoms with Crippen LogP contribution in [-0.4, -0.2) is 38.5 Å². The molecule has 0 amide bonds. The van der Waals surface area contributed by atoms with Crippen LogP contribution < -0.4 is 5.32 Å². The van der Waals surface area contributed by atoms with Crippen LogP contribution in [0.25, 0.3) is 0 Å². The van der Waals surface area contributed by atoms with Crippen molar-refractivity contribution < 1.29 is 9.47 Å². The van der Waals surface area contributed by atoms with Crippen LogP contribution in [0.3, 0.4) is 0 Å². The number of hydrogen-bond donors (Lipinski definition) is 1. The Balaban J connectivity index is 3.64. The Kier molecular flexibility index (Phi) is 8.14. The van der Waals surface area contributed by atoms with Gasteiger partial charge in [-0.15, -0.1) is 0 Å². The molecule has 3 heteroatoms. The van der Waals surface area contributed by atoms with Gasteiger partial charge in [-0.1, -0.05) is 6.92 Å². The number of hydrogen-bond acceptors (Lipinski definition) is 3. The van der Waals surface area contributed by atoms with E-state index in [1.165, 1.54) is 0 Å². The molecule has 3 unspecified atom stereocenters. The van der Waals surface area contributed by atoms with Gasteiger partial charge >= 0.3 is 0 Å². The van der Waals surface area contributed by atoms with Crippen molar-refractivity contribution >= 4 is 0 Å². The summed E-state index contributed by atoms with van der Waals surface area (Å²) in [5.74, 6) is 0. The average Bonchev–Trinajstić information content (AvgIpc) is 2.14. The predicted octanol–water partition coefficient (Wildman–Crippen LogP) is 1.81. The second-order valence-electron chi connectivity index (χ2n) is 3.85. The van der Waals surface area contributed by atoms with Gasteiger partial charge in [0.1, 0.15) is 0 Å². The number of methoxy groups -OCH3 is 1. The second kappa shape index (κ2) is 8.21. The minimum Gasteiger partial charge on any atom is -0.382 e. The molecule has 0 rings (SSSR count). The molecule has 0 aliphatic carbocycles. The average molecular weight is 203 g/mol. The van der Waals surface area contributed by atoms with Crippen molar-refractivity contribution in [2.24, 2.45) is 0 Å². The quantitative estimate of drug-likeness (QED) is 0.652. The molecule has 0 saturated carbocycles. The molecular formula is C11H25NO2. The minimum atomic E-state index is 0.167. The summed E-state index contributed by atoms with van der Waals surface area (Å²) >= 11 is 0. The lowest BCUT2D eigenvalue weighted by atomic mass is 10.2. The summed E-state index contributed by atoms with van der Waals surface area (Å²) in [6, 6.07) is 0.397. The van der Waals surface area contributed by atoms with E-state index in [0.717, 1.165) is 13.0 Å². The summed E-state index contributed by atoms with van der Waals surface area (Å²) in [7, 11) is 1.70. The third-order valence-corrected chi connectivity index (χ3v) is 2.27. The Labute approximate surface area is 88.2 Å². The second-order valence-corrected chi connectivity index (χ2v) is 3.85. The van der Waals surface area contributed by atoms with Crippen LogP contribution in [0, 0.1) is 0 Å². The van der Waals surface area contributed by atoms with Gasteiger partial charge in [-0.3, -0.25) is 0 Å². The lowest BCUT2D eigenvalue weighted by Crippen LogP contribution is -2.39. The van der Waals surface area contributed by atoms with Crippen LogP contribution in [0.1, 0.15) is 34.1 Å². The molecule has 0 aromatic carbocycles. The third kappa shape index (κ3) is 6.35. The van der Waals surface area contributed by atoms with Crippen molar-refractivity contribution in [2.45, 2.75) is 52.4 Å². The van der Waals surface area contributed by atoms with Gasteiger partial charge in [-0.25, -0.2) is 0 Å². The van der Waals surface area contributed by atoms with E-state index in [0.29, 0.717) is 12.6 Å². The number of nitrogens with one attached hydrogen (secondary N) is 1. The largest absolute Gasteiger partial charge is 0.382 e. The van der Waals surface area contributed by atoms with Crippen molar-refractivity contribution in [1.82, 2.24) is 5.32 Å². The van der Waals surface area contributed by atoms with E-state index in [4.69, 9.17) is 9.47 Å². The van der Waals surface area contributed by atoms with Gasteiger partial charge in [0.15, 0.2) is 0 Å². The maximum absolute atomic E-state index is 5.76. The zero-order valence-corrected chi connectivity index (χ0v) is 10.2. The molecule has 1 N–H and O–H groups in total. The van der Waals surface area contributed by atoms with Gasteiger partial charge in [0, 0.05) is 13.2 Å². The molecule has 0 saturated heterocycles. The SMILES string of the molecule is CCCNC(C)C(C)OC(C)COC. The van der Waals surface area contributed by atoms with Gasteiger partial charge < -0.3 is 14.8 Å². The van der Waals surface area contributed by atoms with E-state index < -0.39 is 0 Å². The fraction of sp³-hybridized carbons (Fsp3) is 1.00. The van der Waals surface area contributed by atoms with Crippen LogP contribution in [0.5, 0.6) is 0 Å². The first kappa shape index (κ1) is 13.9. The lowest BCUT2D eigenvalue weighted by Gasteiger charge is -2.24. The van der Waals surface area contributed by atoms with Crippen molar-refractivity contribution in [3.63, 3.8) is 0 Å². The molecule has 0 aromatic heterocycles. The van der Waals surface area contributed by atoms with Crippen LogP contribution in [0.15, 0.2) is 0 Å². The molecule has 0 aromatic rings. The summed E-state index contributed by atoms with van der Waals surface area (Å²) in [6.45, 7) is 10.2. The highest BCUT2D eigenvalue weighted by Gasteiger charge is 2.14. The molecule has 0 radical (unpaired) electrons. The monoisotopic (exact) mass is 203 g/mol. The molecule has 14 heavy (non-hydrogen) atoms. The fourth-order valence-corrected chi connectivity index (χ4v) is 1.30. The van der Waals surface area contributed by atoms with Gasteiger partial charge in [-0.05, 0) is 33.7 Å². The molecule has 3 atom stereocenters. The molecular weight excluding hydrogens is 178 g/mol. The van der Waals surface area contributed by atoms with Crippen LogP contribution in [-0.2, 0) is 9.47 Å². The first-order valence-corrected chi connectivity index (χ1v) is 5.49. The molecule has 0 fully saturated rings. The first-order chi connectivity index (χ1) is 6.61. The van der Waals surface area contributed by atoms with Gasteiger partial charge in [0.05, 0.1) is 18.8 Å². The molecule has 0 heterocycles. The van der Waals surface area contributed by atoms with Gasteiger partial charge in [0.25, 0.3) is 0 Å². The van der Waals surface area contributed by atoms with E-state index in [2.05, 4.69) is 26.1 Å². The van der Waals surface area contributed by atoms with Gasteiger partial charge in [0.2, 0.25) is 0 Å². The number of rotatable bonds is 8. The van der Waals surface area contributed by atoms with Crippen molar-refractivity contribution in [3.05, 3.63) is 0 Å². The van der Waals surface area contributed by atoms with Crippen LogP contribution >= 0.6 is 0 Å². The Hall–Kier alpha value is -0.120. The molecule has 3 nitrogen and oxygen atoms in total. The molecule has 0 spiro atoms. The summed E-state index contributed by atoms with van der Waals surface area (Å²) in [5, 5.41) is 3.41. The lowest BCUT2D eigenvalue weighted by molar-refractivity contribution is -0.0426. The molecule has 0 bridgehead atoms. The van der Waals surface area contributed by atoms with E-state index >= 15 is 0 Å². The van der Waals surface area contributed by atoms with Gasteiger partial charge in [-0.2, -0.15) is 0 Å². The highest BCUT2D eigenvalue weighted by Crippen LogP contribution is 2.03. The van der Waals surface area contributed by atoms with E-state index in [1.807, 2.05) is 6.92 Å². The van der Waals surface area contributed by atoms with Crippen molar-refractivity contribution in [2.75, 3.05) is 20.3 Å². The highest BCUT2D eigenvalue weighted by atomic mass is 16.5. The molecule has 0 aliphatic rings.